The van der Waals surface area contributed by atoms with Gasteiger partial charge in [0.2, 0.25) is 17.7 Å². The molecule has 4 amide bonds. The normalized spacial score (nSPS) is 32.4. The van der Waals surface area contributed by atoms with Gasteiger partial charge in [0, 0.05) is 45.1 Å². The third-order valence-corrected chi connectivity index (χ3v) is 15.8. The average Bonchev–Trinajstić information content (AvgIpc) is 3.77. The van der Waals surface area contributed by atoms with E-state index in [2.05, 4.69) is 56.6 Å². The van der Waals surface area contributed by atoms with Crippen molar-refractivity contribution in [2.45, 2.75) is 168 Å². The highest BCUT2D eigenvalue weighted by Crippen LogP contribution is 2.67. The summed E-state index contributed by atoms with van der Waals surface area (Å²) < 4.78 is 5.98. The lowest BCUT2D eigenvalue weighted by Gasteiger charge is -2.58. The topological polar surface area (TPSA) is 172 Å². The number of nitrogens with zero attached hydrogens (tertiary/aromatic N) is 2. The molecule has 1 aliphatic heterocycles. The predicted octanol–water partition coefficient (Wildman–Crippen LogP) is 6.12. The Labute approximate surface area is 356 Å². The van der Waals surface area contributed by atoms with E-state index < -0.39 is 18.2 Å². The van der Waals surface area contributed by atoms with Crippen LogP contribution in [0.15, 0.2) is 11.6 Å². The van der Waals surface area contributed by atoms with E-state index >= 15 is 0 Å². The summed E-state index contributed by atoms with van der Waals surface area (Å²) in [5.74, 6) is 4.10. The van der Waals surface area contributed by atoms with Gasteiger partial charge in [-0.2, -0.15) is 0 Å². The number of fused-ring (bicyclic) bond motifs is 5. The first-order chi connectivity index (χ1) is 28.1. The maximum absolute atomic E-state index is 13.4. The van der Waals surface area contributed by atoms with Crippen molar-refractivity contribution in [2.75, 3.05) is 46.8 Å². The molecule has 0 aromatic rings. The molecule has 336 valence electrons. The van der Waals surface area contributed by atoms with Gasteiger partial charge in [0.1, 0.15) is 12.1 Å². The van der Waals surface area contributed by atoms with Gasteiger partial charge in [-0.15, -0.1) is 0 Å². The minimum atomic E-state index is -0.726. The van der Waals surface area contributed by atoms with E-state index in [4.69, 9.17) is 16.2 Å². The predicted molar refractivity (Wildman–Crippen MR) is 235 cm³/mol. The summed E-state index contributed by atoms with van der Waals surface area (Å²) >= 11 is 0. The van der Waals surface area contributed by atoms with Crippen molar-refractivity contribution in [2.24, 2.45) is 57.8 Å². The molecule has 59 heavy (non-hydrogen) atoms. The monoisotopic (exact) mass is 826 g/mol. The van der Waals surface area contributed by atoms with Crippen LogP contribution in [0.25, 0.3) is 0 Å². The number of amides is 4. The van der Waals surface area contributed by atoms with Crippen molar-refractivity contribution in [1.82, 2.24) is 25.8 Å². The van der Waals surface area contributed by atoms with Crippen LogP contribution in [0.4, 0.5) is 4.79 Å². The van der Waals surface area contributed by atoms with Crippen molar-refractivity contribution in [3.63, 3.8) is 0 Å². The van der Waals surface area contributed by atoms with Gasteiger partial charge in [-0.1, -0.05) is 72.0 Å². The number of likely N-dealkylation sites (N-methyl/N-ethyl adjacent to an activating group) is 1. The van der Waals surface area contributed by atoms with Gasteiger partial charge >= 0.3 is 6.09 Å². The number of hydrogen-bond acceptors (Lipinski definition) is 8. The van der Waals surface area contributed by atoms with Crippen LogP contribution in [0.1, 0.15) is 144 Å². The van der Waals surface area contributed by atoms with Crippen LogP contribution >= 0.6 is 0 Å². The van der Waals surface area contributed by atoms with E-state index in [1.54, 1.807) is 0 Å². The van der Waals surface area contributed by atoms with Crippen molar-refractivity contribution in [3.8, 4) is 0 Å². The molecule has 3 saturated carbocycles. The molecule has 12 heteroatoms. The van der Waals surface area contributed by atoms with Crippen LogP contribution in [0.2, 0.25) is 0 Å². The Hall–Kier alpha value is -2.70. The molecule has 1 saturated heterocycles. The van der Waals surface area contributed by atoms with Crippen LogP contribution in [0, 0.1) is 46.3 Å². The maximum atomic E-state index is 13.4. The number of hydrogen-bond donors (Lipinski definition) is 5. The van der Waals surface area contributed by atoms with Gasteiger partial charge in [0.15, 0.2) is 0 Å². The lowest BCUT2D eigenvalue weighted by molar-refractivity contribution is -0.139. The molecule has 0 aromatic heterocycles. The zero-order valence-electron chi connectivity index (χ0n) is 38.0. The highest BCUT2D eigenvalue weighted by molar-refractivity contribution is 5.90. The van der Waals surface area contributed by atoms with Crippen molar-refractivity contribution in [3.05, 3.63) is 11.6 Å². The fourth-order valence-electron chi connectivity index (χ4n) is 12.5. The molecule has 4 aliphatic carbocycles. The zero-order chi connectivity index (χ0) is 42.9. The fraction of sp³-hybridized carbons (Fsp3) is 0.872. The summed E-state index contributed by atoms with van der Waals surface area (Å²) in [6, 6.07) is -1.80. The van der Waals surface area contributed by atoms with Gasteiger partial charge < -0.3 is 42.0 Å². The Morgan fingerprint density at radius 2 is 1.71 bits per heavy atom. The van der Waals surface area contributed by atoms with E-state index in [1.807, 2.05) is 19.0 Å². The average molecular weight is 826 g/mol. The van der Waals surface area contributed by atoms with E-state index in [0.29, 0.717) is 50.9 Å². The second-order valence-corrected chi connectivity index (χ2v) is 20.6. The first kappa shape index (κ1) is 47.4. The number of likely N-dealkylation sites (tertiary alicyclic amines) is 1. The second-order valence-electron chi connectivity index (χ2n) is 20.6. The molecule has 11 atom stereocenters. The quantitative estimate of drug-likeness (QED) is 0.0722. The molecule has 0 spiro atoms. The van der Waals surface area contributed by atoms with E-state index in [1.165, 1.54) is 61.8 Å². The van der Waals surface area contributed by atoms with E-state index in [-0.39, 0.29) is 48.2 Å². The fourth-order valence-corrected chi connectivity index (χ4v) is 12.5. The van der Waals surface area contributed by atoms with E-state index in [0.717, 1.165) is 67.6 Å². The molecule has 4 fully saturated rings. The number of unbranched alkanes of at least 4 members (excludes halogenated alkanes) is 1. The molecule has 1 heterocycles. The Bertz CT molecular complexity index is 1460. The summed E-state index contributed by atoms with van der Waals surface area (Å²) in [5.41, 5.74) is 14.1. The minimum Gasteiger partial charge on any atom is -0.446 e. The van der Waals surface area contributed by atoms with Crippen molar-refractivity contribution < 1.29 is 23.9 Å². The Balaban J connectivity index is 1.04. The minimum absolute atomic E-state index is 0.125. The number of allylic oxidation sites excluding steroid dienone is 1. The van der Waals surface area contributed by atoms with Gasteiger partial charge in [-0.25, -0.2) is 4.79 Å². The number of carbonyl (C=O) groups is 4. The molecule has 5 unspecified atom stereocenters. The number of alkyl carbamates (subject to hydrolysis) is 1. The van der Waals surface area contributed by atoms with Crippen molar-refractivity contribution >= 4 is 23.8 Å². The third kappa shape index (κ3) is 11.8. The Morgan fingerprint density at radius 3 is 2.44 bits per heavy atom. The lowest BCUT2D eigenvalue weighted by atomic mass is 9.47. The SMILES string of the molecule is CC(C)CCC[C@@H](C)[C@H]1CCC2C3CC=C4CC(OC(=O)NCCCC(=O)N[C@H]5CC(C(=O)NCCN(C)C)N(C(=O)[C@H](N)CCCCN)C5)CC[C@]4(C)C3CC[C@@]21C. The summed E-state index contributed by atoms with van der Waals surface area (Å²) in [7, 11) is 3.86. The van der Waals surface area contributed by atoms with Crippen LogP contribution in [-0.2, 0) is 19.1 Å². The summed E-state index contributed by atoms with van der Waals surface area (Å²) in [5, 5.41) is 8.83. The molecule has 0 aromatic carbocycles. The highest BCUT2D eigenvalue weighted by atomic mass is 16.6. The standard InChI is InChI=1S/C47H83N7O5/c1-31(2)12-10-13-32(3)37-18-19-38-36-17-16-33-28-35(20-22-46(33,4)39(36)21-23-47(37,38)5)59-45(58)51-25-11-15-42(55)52-34-29-41(43(56)50-26-27-53(6)7)54(30-34)44(57)40(49)14-8-9-24-48/h16,31-32,34-41H,8-15,17-30,48-49H2,1-7H3,(H,50,56)(H,51,58)(H,52,55)/t32-,34+,35?,36?,37-,38?,39?,40-,41?,46+,47-/m1/s1. The molecular formula is C47H83N7O5. The number of rotatable bonds is 20. The molecule has 5 rings (SSSR count). The highest BCUT2D eigenvalue weighted by Gasteiger charge is 2.59. The smallest absolute Gasteiger partial charge is 0.407 e. The number of nitrogens with one attached hydrogen (secondary N) is 3. The number of carbonyl (C=O) groups excluding carboxylic acids is 4. The summed E-state index contributed by atoms with van der Waals surface area (Å²) in [6.45, 7) is 14.6. The van der Waals surface area contributed by atoms with Gasteiger partial charge in [-0.3, -0.25) is 14.4 Å². The summed E-state index contributed by atoms with van der Waals surface area (Å²) in [6.07, 6.45) is 18.5. The number of nitrogens with two attached hydrogens (primary N) is 2. The third-order valence-electron chi connectivity index (χ3n) is 15.8. The van der Waals surface area contributed by atoms with Gasteiger partial charge in [0.05, 0.1) is 6.04 Å². The molecule has 5 aliphatic rings. The molecule has 0 bridgehead atoms. The maximum Gasteiger partial charge on any atom is 0.407 e. The Kier molecular flexibility index (Phi) is 17.2. The second kappa shape index (κ2) is 21.4. The van der Waals surface area contributed by atoms with Crippen LogP contribution in [0.3, 0.4) is 0 Å². The Morgan fingerprint density at radius 1 is 0.932 bits per heavy atom. The van der Waals surface area contributed by atoms with Gasteiger partial charge in [-0.05, 0) is 138 Å². The summed E-state index contributed by atoms with van der Waals surface area (Å²) in [4.78, 5) is 56.0. The first-order valence-electron chi connectivity index (χ1n) is 23.7. The van der Waals surface area contributed by atoms with Crippen LogP contribution < -0.4 is 27.4 Å². The first-order valence-corrected chi connectivity index (χ1v) is 23.7. The van der Waals surface area contributed by atoms with Gasteiger partial charge in [0.25, 0.3) is 0 Å². The van der Waals surface area contributed by atoms with E-state index in [9.17, 15) is 19.2 Å². The van der Waals surface area contributed by atoms with Crippen molar-refractivity contribution in [1.29, 1.82) is 0 Å². The lowest BCUT2D eigenvalue weighted by Crippen LogP contribution is -2.52. The molecule has 0 radical (unpaired) electrons. The molecular weight excluding hydrogens is 743 g/mol. The largest absolute Gasteiger partial charge is 0.446 e. The number of ether oxygens (including phenoxy) is 1. The van der Waals surface area contributed by atoms with Crippen LogP contribution in [-0.4, -0.2) is 105 Å². The van der Waals surface area contributed by atoms with Crippen LogP contribution in [0.5, 0.6) is 0 Å². The zero-order valence-corrected chi connectivity index (χ0v) is 38.0. The molecule has 12 nitrogen and oxygen atoms in total. The molecule has 7 N–H and O–H groups in total.